The predicted molar refractivity (Wildman–Crippen MR) is 90.8 cm³/mol. The zero-order valence-electron chi connectivity index (χ0n) is 13.6. The second-order valence-corrected chi connectivity index (χ2v) is 6.07. The lowest BCUT2D eigenvalue weighted by Gasteiger charge is -2.41. The minimum Gasteiger partial charge on any atom is -0.478 e. The van der Waals surface area contributed by atoms with Crippen LogP contribution in [0.5, 0.6) is 0 Å². The summed E-state index contributed by atoms with van der Waals surface area (Å²) in [4.78, 5) is 41.2. The largest absolute Gasteiger partial charge is 0.478 e. The molecule has 0 saturated heterocycles. The summed E-state index contributed by atoms with van der Waals surface area (Å²) in [5.41, 5.74) is -0.103. The predicted octanol–water partition coefficient (Wildman–Crippen LogP) is 1.47. The van der Waals surface area contributed by atoms with E-state index in [2.05, 4.69) is 10.3 Å². The molecule has 1 atom stereocenters. The van der Waals surface area contributed by atoms with Gasteiger partial charge in [-0.3, -0.25) is 9.59 Å². The molecule has 0 bridgehead atoms. The number of hydrogen-bond acceptors (Lipinski definition) is 4. The second kappa shape index (κ2) is 6.35. The molecule has 0 aromatic heterocycles. The van der Waals surface area contributed by atoms with Crippen LogP contribution in [0.25, 0.3) is 0 Å². The molecule has 0 aliphatic carbocycles. The first kappa shape index (κ1) is 16.6. The van der Waals surface area contributed by atoms with Gasteiger partial charge in [0.25, 0.3) is 5.91 Å². The number of benzene rings is 1. The highest BCUT2D eigenvalue weighted by atomic mass is 16.4. The van der Waals surface area contributed by atoms with Crippen LogP contribution in [0.15, 0.2) is 53.7 Å². The van der Waals surface area contributed by atoms with Gasteiger partial charge in [-0.05, 0) is 36.8 Å². The summed E-state index contributed by atoms with van der Waals surface area (Å²) in [6.45, 7) is 1.94. The van der Waals surface area contributed by atoms with E-state index in [1.54, 1.807) is 48.4 Å². The Labute approximate surface area is 144 Å². The molecule has 128 valence electrons. The van der Waals surface area contributed by atoms with Crippen LogP contribution in [-0.2, 0) is 16.1 Å². The van der Waals surface area contributed by atoms with Gasteiger partial charge in [0.2, 0.25) is 5.91 Å². The lowest BCUT2D eigenvalue weighted by molar-refractivity contribution is -0.134. The van der Waals surface area contributed by atoms with Crippen LogP contribution in [0.2, 0.25) is 0 Å². The van der Waals surface area contributed by atoms with Gasteiger partial charge in [-0.15, -0.1) is 0 Å². The first-order valence-electron chi connectivity index (χ1n) is 7.76. The average Bonchev–Trinajstić information content (AvgIpc) is 2.59. The Bertz CT molecular complexity index is 823. The molecule has 3 rings (SSSR count). The van der Waals surface area contributed by atoms with Gasteiger partial charge >= 0.3 is 5.97 Å². The van der Waals surface area contributed by atoms with E-state index >= 15 is 0 Å². The van der Waals surface area contributed by atoms with Crippen LogP contribution in [0.1, 0.15) is 29.3 Å². The van der Waals surface area contributed by atoms with Gasteiger partial charge in [-0.2, -0.15) is 4.99 Å². The fourth-order valence-corrected chi connectivity index (χ4v) is 2.82. The molecule has 0 spiro atoms. The molecule has 0 saturated carbocycles. The Morgan fingerprint density at radius 3 is 2.68 bits per heavy atom. The molecule has 1 aromatic rings. The number of rotatable bonds is 4. The minimum absolute atomic E-state index is 0.0154. The van der Waals surface area contributed by atoms with Crippen LogP contribution < -0.4 is 5.32 Å². The summed E-state index contributed by atoms with van der Waals surface area (Å²) in [6, 6.07) is 6.26. The van der Waals surface area contributed by atoms with E-state index < -0.39 is 11.5 Å². The van der Waals surface area contributed by atoms with E-state index in [9.17, 15) is 14.4 Å². The van der Waals surface area contributed by atoms with Crippen molar-refractivity contribution in [1.82, 2.24) is 10.2 Å². The smallest absolute Gasteiger partial charge is 0.335 e. The van der Waals surface area contributed by atoms with Crippen molar-refractivity contribution in [3.63, 3.8) is 0 Å². The van der Waals surface area contributed by atoms with Gasteiger partial charge in [0.1, 0.15) is 11.4 Å². The number of carbonyl (C=O) groups is 3. The van der Waals surface area contributed by atoms with Crippen LogP contribution >= 0.6 is 0 Å². The monoisotopic (exact) mass is 339 g/mol. The molecule has 2 aliphatic rings. The fraction of sp³-hybridized carbons (Fsp3) is 0.222. The summed E-state index contributed by atoms with van der Waals surface area (Å²) < 4.78 is 0. The summed E-state index contributed by atoms with van der Waals surface area (Å²) in [6.07, 6.45) is 6.94. The van der Waals surface area contributed by atoms with Gasteiger partial charge in [0, 0.05) is 12.7 Å². The number of fused-ring (bicyclic) bond motifs is 1. The van der Waals surface area contributed by atoms with Crippen molar-refractivity contribution in [2.24, 2.45) is 4.99 Å². The van der Waals surface area contributed by atoms with Crippen LogP contribution in [-0.4, -0.2) is 39.2 Å². The first-order chi connectivity index (χ1) is 11.9. The second-order valence-electron chi connectivity index (χ2n) is 6.07. The van der Waals surface area contributed by atoms with Gasteiger partial charge < -0.3 is 15.3 Å². The number of hydrogen-bond donors (Lipinski definition) is 2. The maximum atomic E-state index is 12.8. The van der Waals surface area contributed by atoms with Crippen LogP contribution in [0.4, 0.5) is 0 Å². The molecule has 7 heteroatoms. The van der Waals surface area contributed by atoms with Crippen LogP contribution in [0, 0.1) is 0 Å². The zero-order chi connectivity index (χ0) is 18.0. The summed E-state index contributed by atoms with van der Waals surface area (Å²) in [5, 5.41) is 11.7. The molecule has 1 unspecified atom stereocenters. The lowest BCUT2D eigenvalue weighted by atomic mass is 9.91. The third kappa shape index (κ3) is 3.21. The number of amides is 2. The number of nitrogens with one attached hydrogen (secondary N) is 1. The number of amidine groups is 1. The normalized spacial score (nSPS) is 21.6. The molecule has 0 fully saturated rings. The van der Waals surface area contributed by atoms with Gasteiger partial charge in [-0.1, -0.05) is 18.2 Å². The van der Waals surface area contributed by atoms with Crippen molar-refractivity contribution >= 4 is 23.6 Å². The number of carboxylic acid groups (broad SMARTS) is 1. The molecular formula is C18H17N3O4. The Morgan fingerprint density at radius 2 is 2.00 bits per heavy atom. The molecule has 25 heavy (non-hydrogen) atoms. The van der Waals surface area contributed by atoms with Crippen molar-refractivity contribution in [2.45, 2.75) is 25.4 Å². The van der Waals surface area contributed by atoms with Crippen molar-refractivity contribution in [1.29, 1.82) is 0 Å². The molecule has 2 N–H and O–H groups in total. The van der Waals surface area contributed by atoms with Crippen molar-refractivity contribution < 1.29 is 19.5 Å². The van der Waals surface area contributed by atoms with Gasteiger partial charge in [0.15, 0.2) is 0 Å². The average molecular weight is 339 g/mol. The van der Waals surface area contributed by atoms with Crippen LogP contribution in [0.3, 0.4) is 0 Å². The topological polar surface area (TPSA) is 99.1 Å². The minimum atomic E-state index is -1.06. The van der Waals surface area contributed by atoms with Crippen molar-refractivity contribution in [3.05, 3.63) is 59.8 Å². The Morgan fingerprint density at radius 1 is 1.28 bits per heavy atom. The Hall–Kier alpha value is -3.22. The van der Waals surface area contributed by atoms with E-state index in [0.717, 1.165) is 5.56 Å². The molecule has 1 aromatic carbocycles. The Balaban J connectivity index is 1.73. The third-order valence-electron chi connectivity index (χ3n) is 4.25. The summed E-state index contributed by atoms with van der Waals surface area (Å²) in [5.74, 6) is -1.19. The number of allylic oxidation sites excluding steroid dienone is 2. The highest BCUT2D eigenvalue weighted by Crippen LogP contribution is 2.28. The summed E-state index contributed by atoms with van der Waals surface area (Å²) in [7, 11) is 0. The van der Waals surface area contributed by atoms with E-state index in [1.165, 1.54) is 12.1 Å². The molecule has 2 heterocycles. The molecular weight excluding hydrogens is 322 g/mol. The fourth-order valence-electron chi connectivity index (χ4n) is 2.82. The number of carboxylic acids is 1. The van der Waals surface area contributed by atoms with Gasteiger partial charge in [-0.25, -0.2) is 4.79 Å². The number of aromatic carboxylic acids is 1. The number of carbonyl (C=O) groups excluding carboxylic acids is 2. The van der Waals surface area contributed by atoms with Gasteiger partial charge in [0.05, 0.1) is 12.0 Å². The molecule has 0 radical (unpaired) electrons. The van der Waals surface area contributed by atoms with E-state index in [4.69, 9.17) is 5.11 Å². The standard InChI is InChI=1S/C18H17N3O4/c1-18(10-15(22)20-14-4-2-3-9-21(14)18)17(25)19-11-12-5-7-13(8-6-12)16(23)24/h2-9H,10-11H2,1H3,(H,19,25)(H,23,24). The lowest BCUT2D eigenvalue weighted by Crippen LogP contribution is -2.59. The molecule has 2 aliphatic heterocycles. The van der Waals surface area contributed by atoms with E-state index in [1.807, 2.05) is 0 Å². The number of nitrogens with zero attached hydrogens (tertiary/aromatic N) is 2. The SMILES string of the molecule is CC1(C(=O)NCc2ccc(C(=O)O)cc2)CC(=O)N=C2C=CC=CN21. The van der Waals surface area contributed by atoms with E-state index in [0.29, 0.717) is 5.84 Å². The Kier molecular flexibility index (Phi) is 4.22. The van der Waals surface area contributed by atoms with Crippen molar-refractivity contribution in [3.8, 4) is 0 Å². The highest BCUT2D eigenvalue weighted by molar-refractivity contribution is 6.09. The molecule has 7 nitrogen and oxygen atoms in total. The number of aliphatic imine (C=N–C) groups is 1. The zero-order valence-corrected chi connectivity index (χ0v) is 13.6. The quantitative estimate of drug-likeness (QED) is 0.865. The highest BCUT2D eigenvalue weighted by Gasteiger charge is 2.44. The summed E-state index contributed by atoms with van der Waals surface area (Å²) >= 11 is 0. The third-order valence-corrected chi connectivity index (χ3v) is 4.25. The maximum absolute atomic E-state index is 12.8. The van der Waals surface area contributed by atoms with Crippen molar-refractivity contribution in [2.75, 3.05) is 0 Å². The maximum Gasteiger partial charge on any atom is 0.335 e. The van der Waals surface area contributed by atoms with E-state index in [-0.39, 0.29) is 30.3 Å². The molecule has 2 amide bonds. The first-order valence-corrected chi connectivity index (χ1v) is 7.76.